The van der Waals surface area contributed by atoms with E-state index in [1.54, 1.807) is 0 Å². The molecule has 0 unspecified atom stereocenters. The number of hydrogen-bond donors (Lipinski definition) is 0. The minimum atomic E-state index is -5.70. The lowest BCUT2D eigenvalue weighted by atomic mass is 9.90. The van der Waals surface area contributed by atoms with E-state index < -0.39 is 100 Å². The van der Waals surface area contributed by atoms with Gasteiger partial charge in [0.1, 0.15) is 0 Å². The second kappa shape index (κ2) is 6.06. The summed E-state index contributed by atoms with van der Waals surface area (Å²) in [4.78, 5) is -2.17. The first-order valence-corrected chi connectivity index (χ1v) is 6.71. The Hall–Kier alpha value is -0.870. The fourth-order valence-electron chi connectivity index (χ4n) is 1.26. The third-order valence-corrected chi connectivity index (χ3v) is 2.76. The molecule has 2 rings (SSSR count). The summed E-state index contributed by atoms with van der Waals surface area (Å²) in [6.45, 7) is -9.84. The fraction of sp³-hybridized carbons (Fsp3) is 0.600. The molecule has 0 radical (unpaired) electrons. The van der Waals surface area contributed by atoms with Gasteiger partial charge in [-0.1, -0.05) is 19.0 Å². The first-order valence-electron chi connectivity index (χ1n) is 14.2. The van der Waals surface area contributed by atoms with Crippen molar-refractivity contribution in [2.45, 2.75) is 36.9 Å². The van der Waals surface area contributed by atoms with Crippen LogP contribution < -0.4 is 0 Å². The van der Waals surface area contributed by atoms with Crippen molar-refractivity contribution in [1.82, 2.24) is 4.90 Å². The van der Waals surface area contributed by atoms with Crippen LogP contribution in [0.1, 0.15) is 62.2 Å². The molecule has 1 aliphatic heterocycles. The fourth-order valence-corrected chi connectivity index (χ4v) is 1.68. The molecule has 4 heteroatoms. The molecule has 1 aliphatic rings. The Bertz CT molecular complexity index is 1220. The highest BCUT2D eigenvalue weighted by Crippen LogP contribution is 2.28. The van der Waals surface area contributed by atoms with Crippen LogP contribution in [0.25, 0.3) is 0 Å². The molecule has 1 fully saturated rings. The number of piperidine rings is 1. The maximum atomic E-state index is 12.7. The molecule has 106 valence electrons. The highest BCUT2D eigenvalue weighted by molar-refractivity contribution is 7.90. The first kappa shape index (κ1) is 3.86. The number of benzene rings is 1. The molecule has 0 spiro atoms. The van der Waals surface area contributed by atoms with E-state index in [1.807, 2.05) is 0 Å². The van der Waals surface area contributed by atoms with Crippen LogP contribution in [0.3, 0.4) is 0 Å². The van der Waals surface area contributed by atoms with Crippen LogP contribution in [-0.2, 0) is 9.84 Å². The zero-order valence-corrected chi connectivity index (χ0v) is 10.7. The standard InChI is InChI=1S/C15H23NO2S/c1-3-9-16-10-5-7-14(12-16)13-6-4-8-15(11-13)19(2,17)18/h4,6,8,11,14H,3,5,7,9-10,12H2,1-2H3/t14-/m1/s1/i2D3,4D,5D2,6D,7D2,8D,9D2,10D2,11D,12D2,14D. The average molecular weight is 300 g/mol. The van der Waals surface area contributed by atoms with Gasteiger partial charge in [-0.15, -0.1) is 0 Å². The van der Waals surface area contributed by atoms with Crippen molar-refractivity contribution in [1.29, 1.82) is 0 Å². The van der Waals surface area contributed by atoms with E-state index in [0.29, 0.717) is 0 Å². The van der Waals surface area contributed by atoms with Gasteiger partial charge in [-0.05, 0) is 55.7 Å². The van der Waals surface area contributed by atoms with Crippen molar-refractivity contribution < 1.29 is 33.1 Å². The van der Waals surface area contributed by atoms with E-state index in [0.717, 1.165) is 6.92 Å². The summed E-state index contributed by atoms with van der Waals surface area (Å²) >= 11 is 0. The van der Waals surface area contributed by atoms with Crippen molar-refractivity contribution in [3.63, 3.8) is 0 Å². The molecule has 1 atom stereocenters. The predicted octanol–water partition coefficient (Wildman–Crippen LogP) is 2.68. The molecule has 0 aromatic heterocycles. The number of nitrogens with zero attached hydrogens (tertiary/aromatic N) is 1. The van der Waals surface area contributed by atoms with Gasteiger partial charge >= 0.3 is 0 Å². The molecule has 0 aliphatic carbocycles. The summed E-state index contributed by atoms with van der Waals surface area (Å²) in [5.74, 6) is -4.06. The maximum absolute atomic E-state index is 12.7. The van der Waals surface area contributed by atoms with Gasteiger partial charge in [0.05, 0.1) is 10.4 Å². The van der Waals surface area contributed by atoms with E-state index >= 15 is 0 Å². The van der Waals surface area contributed by atoms with Crippen LogP contribution in [-0.4, -0.2) is 39.0 Å². The average Bonchev–Trinajstić information content (AvgIpc) is 2.69. The second-order valence-electron chi connectivity index (χ2n) is 3.40. The van der Waals surface area contributed by atoms with Crippen molar-refractivity contribution in [3.8, 4) is 0 Å². The van der Waals surface area contributed by atoms with Crippen molar-refractivity contribution >= 4 is 9.84 Å². The Morgan fingerprint density at radius 3 is 3.26 bits per heavy atom. The van der Waals surface area contributed by atoms with Gasteiger partial charge < -0.3 is 4.90 Å². The molecule has 1 aromatic carbocycles. The molecule has 1 saturated heterocycles. The van der Waals surface area contributed by atoms with E-state index in [2.05, 4.69) is 0 Å². The van der Waals surface area contributed by atoms with Crippen LogP contribution in [0.5, 0.6) is 0 Å². The summed E-state index contributed by atoms with van der Waals surface area (Å²) in [6.07, 6.45) is -12.8. The monoisotopic (exact) mass is 299 g/mol. The summed E-state index contributed by atoms with van der Waals surface area (Å²) in [5.41, 5.74) is -1.66. The quantitative estimate of drug-likeness (QED) is 0.858. The number of likely N-dealkylation sites (tertiary alicyclic amines) is 1. The number of rotatable bonds is 4. The van der Waals surface area contributed by atoms with Crippen LogP contribution >= 0.6 is 0 Å². The SMILES string of the molecule is [2H]c1c([2H])c([C@@]2([2H])C([2H])([2H])N(C([2H])([2H])CC)C([2H])([2H])C([2H])([2H])C2([2H])[2H])c([2H])c(S(=O)(=O)C([2H])([2H])[2H])c1[2H]. The zero-order valence-electron chi connectivity index (χ0n) is 27.9. The molecule has 1 aromatic rings. The molecular weight excluding hydrogens is 258 g/mol. The van der Waals surface area contributed by atoms with E-state index in [9.17, 15) is 8.42 Å². The van der Waals surface area contributed by atoms with Crippen molar-refractivity contribution in [2.75, 3.05) is 25.7 Å². The Labute approximate surface area is 141 Å². The Morgan fingerprint density at radius 1 is 1.68 bits per heavy atom. The lowest BCUT2D eigenvalue weighted by Crippen LogP contribution is -2.34. The van der Waals surface area contributed by atoms with Crippen molar-refractivity contribution in [2.24, 2.45) is 0 Å². The summed E-state index contributed by atoms with van der Waals surface area (Å²) in [5, 5.41) is 0. The predicted molar refractivity (Wildman–Crippen MR) is 78.3 cm³/mol. The number of hydrogen-bond acceptors (Lipinski definition) is 3. The molecule has 0 bridgehead atoms. The Balaban J connectivity index is 3.30. The third-order valence-electron chi connectivity index (χ3n) is 2.02. The number of sulfone groups is 1. The minimum absolute atomic E-state index is 0.406. The lowest BCUT2D eigenvalue weighted by molar-refractivity contribution is 0.208. The maximum Gasteiger partial charge on any atom is 0.175 e. The summed E-state index contributed by atoms with van der Waals surface area (Å²) in [7, 11) is -5.70. The second-order valence-corrected chi connectivity index (χ2v) is 4.82. The van der Waals surface area contributed by atoms with Crippen LogP contribution in [0.2, 0.25) is 0 Å². The van der Waals surface area contributed by atoms with Crippen molar-refractivity contribution in [3.05, 3.63) is 29.7 Å². The van der Waals surface area contributed by atoms with Gasteiger partial charge in [-0.3, -0.25) is 0 Å². The highest BCUT2D eigenvalue weighted by Gasteiger charge is 2.21. The minimum Gasteiger partial charge on any atom is -0.303 e. The van der Waals surface area contributed by atoms with E-state index in [1.165, 1.54) is 0 Å². The van der Waals surface area contributed by atoms with Gasteiger partial charge in [0.2, 0.25) is 0 Å². The largest absolute Gasteiger partial charge is 0.303 e. The molecule has 0 amide bonds. The van der Waals surface area contributed by atoms with E-state index in [4.69, 9.17) is 24.7 Å². The molecule has 1 heterocycles. The first-order chi connectivity index (χ1) is 16.1. The van der Waals surface area contributed by atoms with Crippen LogP contribution in [0.4, 0.5) is 0 Å². The van der Waals surface area contributed by atoms with Crippen LogP contribution in [0.15, 0.2) is 29.1 Å². The molecule has 3 nitrogen and oxygen atoms in total. The van der Waals surface area contributed by atoms with E-state index in [-0.39, 0.29) is 0 Å². The Morgan fingerprint density at radius 2 is 2.53 bits per heavy atom. The molecule has 19 heavy (non-hydrogen) atoms. The van der Waals surface area contributed by atoms with Gasteiger partial charge in [0.15, 0.2) is 9.84 Å². The molecular formula is C15H23NO2S. The highest BCUT2D eigenvalue weighted by atomic mass is 32.2. The van der Waals surface area contributed by atoms with Gasteiger partial charge in [-0.25, -0.2) is 8.42 Å². The normalized spacial score (nSPS) is 51.2. The molecule has 0 saturated carbocycles. The van der Waals surface area contributed by atoms with Gasteiger partial charge in [0, 0.05) is 31.9 Å². The Kier molecular flexibility index (Phi) is 1.23. The smallest absolute Gasteiger partial charge is 0.175 e. The molecule has 0 N–H and O–H groups in total. The summed E-state index contributed by atoms with van der Waals surface area (Å²) < 4.78 is 172. The summed E-state index contributed by atoms with van der Waals surface area (Å²) in [6, 6.07) is -6.18. The van der Waals surface area contributed by atoms with Gasteiger partial charge in [0.25, 0.3) is 0 Å². The van der Waals surface area contributed by atoms with Crippen LogP contribution in [0, 0.1) is 0 Å². The van der Waals surface area contributed by atoms with Gasteiger partial charge in [-0.2, -0.15) is 0 Å². The zero-order chi connectivity index (χ0) is 29.7. The lowest BCUT2D eigenvalue weighted by Gasteiger charge is -2.32. The third kappa shape index (κ3) is 3.80. The topological polar surface area (TPSA) is 37.4 Å².